The maximum absolute atomic E-state index is 3.21. The summed E-state index contributed by atoms with van der Waals surface area (Å²) >= 11 is 3.46. The molecule has 2 heterocycles. The average Bonchev–Trinajstić information content (AvgIpc) is 3.60. The van der Waals surface area contributed by atoms with Crippen LogP contribution >= 0.6 is 44.3 Å². The van der Waals surface area contributed by atoms with Crippen molar-refractivity contribution in [1.29, 1.82) is 0 Å². The molecule has 4 aromatic rings. The second-order valence-corrected chi connectivity index (χ2v) is 13.2. The first-order chi connectivity index (χ1) is 18.1. The zero-order valence-electron chi connectivity index (χ0n) is 21.5. The molecule has 4 rings (SSSR count). The molecule has 192 valence electrons. The van der Waals surface area contributed by atoms with Gasteiger partial charge in [-0.15, -0.1) is 0 Å². The van der Waals surface area contributed by atoms with Gasteiger partial charge in [-0.25, -0.2) is 4.98 Å². The molecule has 0 amide bonds. The van der Waals surface area contributed by atoms with Gasteiger partial charge in [0.15, 0.2) is 12.4 Å². The van der Waals surface area contributed by atoms with Crippen LogP contribution < -0.4 is 19.4 Å². The van der Waals surface area contributed by atoms with Gasteiger partial charge in [0.05, 0.1) is 10.8 Å². The first-order valence-corrected chi connectivity index (χ1v) is 16.4. The molecule has 37 heavy (non-hydrogen) atoms. The predicted octanol–water partition coefficient (Wildman–Crippen LogP) is 6.74. The highest BCUT2D eigenvalue weighted by Gasteiger charge is 2.05. The Morgan fingerprint density at radius 2 is 1.32 bits per heavy atom. The van der Waals surface area contributed by atoms with Gasteiger partial charge >= 0.3 is 0 Å². The Morgan fingerprint density at radius 3 is 1.81 bits per heavy atom. The molecular weight excluding hydrogens is 533 g/mol. The maximum atomic E-state index is 3.21. The Bertz CT molecular complexity index is 1260. The van der Waals surface area contributed by atoms with Crippen LogP contribution in [0.15, 0.2) is 71.7 Å². The minimum absolute atomic E-state index is 1.03. The fraction of sp³-hybridized carbons (Fsp3) is 0.241. The topological polar surface area (TPSA) is 24.5 Å². The quantitative estimate of drug-likeness (QED) is 0.102. The number of aromatic amines is 1. The molecule has 0 fully saturated rings. The number of benzene rings is 2. The van der Waals surface area contributed by atoms with Gasteiger partial charge in [-0.3, -0.25) is 0 Å². The molecule has 0 radical (unpaired) electrons. The number of aromatic nitrogens is 2. The van der Waals surface area contributed by atoms with Crippen LogP contribution in [0.3, 0.4) is 0 Å². The minimum Gasteiger partial charge on any atom is -0.374 e. The Kier molecular flexibility index (Phi) is 10.7. The molecule has 0 unspecified atom stereocenters. The van der Waals surface area contributed by atoms with E-state index >= 15 is 0 Å². The summed E-state index contributed by atoms with van der Waals surface area (Å²) in [6.07, 6.45) is 12.7. The molecule has 8 heteroatoms. The number of aryl methyl sites for hydroxylation is 1. The van der Waals surface area contributed by atoms with Crippen molar-refractivity contribution in [2.24, 2.45) is 7.05 Å². The van der Waals surface area contributed by atoms with E-state index in [0.29, 0.717) is 0 Å². The van der Waals surface area contributed by atoms with E-state index in [1.165, 1.54) is 27.5 Å². The van der Waals surface area contributed by atoms with Gasteiger partial charge in [-0.05, 0) is 47.5 Å². The molecule has 0 aliphatic heterocycles. The maximum Gasteiger partial charge on any atom is 0.261 e. The van der Waals surface area contributed by atoms with Crippen molar-refractivity contribution < 1.29 is 9.55 Å². The molecule has 0 atom stereocenters. The van der Waals surface area contributed by atoms with E-state index in [9.17, 15) is 0 Å². The highest BCUT2D eigenvalue weighted by molar-refractivity contribution is 8.76. The average molecular weight is 567 g/mol. The van der Waals surface area contributed by atoms with Crippen molar-refractivity contribution >= 4 is 79.9 Å². The van der Waals surface area contributed by atoms with Gasteiger partial charge in [-0.2, -0.15) is 4.57 Å². The highest BCUT2D eigenvalue weighted by Crippen LogP contribution is 2.24. The lowest BCUT2D eigenvalue weighted by molar-refractivity contribution is -0.668. The van der Waals surface area contributed by atoms with E-state index < -0.39 is 0 Å². The highest BCUT2D eigenvalue weighted by atomic mass is 33.1. The molecule has 0 saturated heterocycles. The summed E-state index contributed by atoms with van der Waals surface area (Å²) in [4.78, 5) is 7.87. The third-order valence-electron chi connectivity index (χ3n) is 5.93. The van der Waals surface area contributed by atoms with Crippen LogP contribution in [0.2, 0.25) is 0 Å². The summed E-state index contributed by atoms with van der Waals surface area (Å²) in [6, 6.07) is 17.6. The van der Waals surface area contributed by atoms with Crippen LogP contribution in [0.4, 0.5) is 11.4 Å². The summed E-state index contributed by atoms with van der Waals surface area (Å²) in [6.45, 7) is 2.07. The fourth-order valence-corrected chi connectivity index (χ4v) is 7.00. The first kappa shape index (κ1) is 27.5. The van der Waals surface area contributed by atoms with Crippen LogP contribution in [0.5, 0.6) is 0 Å². The van der Waals surface area contributed by atoms with Gasteiger partial charge in [0.1, 0.15) is 7.05 Å². The summed E-state index contributed by atoms with van der Waals surface area (Å²) < 4.78 is 2.14. The minimum atomic E-state index is 1.03. The number of nitrogens with zero attached hydrogens (tertiary/aromatic N) is 3. The Labute approximate surface area is 236 Å². The Balaban J connectivity index is 1.11. The SMILES string of the molecule is CN(CCSSCCN(C)c1ccc(/C=C/c2scc[n+]2C)cc1)c1ccc(/C=C/c2[nH+]ccs2)cc1. The lowest BCUT2D eigenvalue weighted by Crippen LogP contribution is -2.26. The van der Waals surface area contributed by atoms with E-state index in [0.717, 1.165) is 29.6 Å². The van der Waals surface area contributed by atoms with Gasteiger partial charge in [0.2, 0.25) is 0 Å². The Hall–Kier alpha value is -2.52. The molecule has 0 aliphatic carbocycles. The normalized spacial score (nSPS) is 11.5. The number of hydrogen-bond donors (Lipinski definition) is 0. The predicted molar refractivity (Wildman–Crippen MR) is 169 cm³/mol. The van der Waals surface area contributed by atoms with Crippen LogP contribution in [0.1, 0.15) is 21.1 Å². The number of nitrogens with one attached hydrogen (secondary N) is 1. The van der Waals surface area contributed by atoms with E-state index in [4.69, 9.17) is 0 Å². The van der Waals surface area contributed by atoms with E-state index in [1.807, 2.05) is 27.8 Å². The second-order valence-electron chi connectivity index (χ2n) is 8.62. The van der Waals surface area contributed by atoms with E-state index in [2.05, 4.69) is 130 Å². The van der Waals surface area contributed by atoms with Crippen LogP contribution in [0, 0.1) is 0 Å². The lowest BCUT2D eigenvalue weighted by Gasteiger charge is -2.20. The number of rotatable bonds is 13. The van der Waals surface area contributed by atoms with Gasteiger partial charge in [-0.1, -0.05) is 68.5 Å². The molecule has 0 bridgehead atoms. The third-order valence-corrected chi connectivity index (χ3v) is 9.99. The van der Waals surface area contributed by atoms with Crippen LogP contribution in [-0.4, -0.2) is 38.7 Å². The molecule has 0 saturated carbocycles. The molecule has 0 spiro atoms. The zero-order chi connectivity index (χ0) is 25.9. The summed E-state index contributed by atoms with van der Waals surface area (Å²) in [7, 11) is 10.3. The van der Waals surface area contributed by atoms with Crippen LogP contribution in [0.25, 0.3) is 24.3 Å². The van der Waals surface area contributed by atoms with E-state index in [-0.39, 0.29) is 0 Å². The third kappa shape index (κ3) is 8.78. The molecule has 0 aliphatic rings. The van der Waals surface area contributed by atoms with Crippen molar-refractivity contribution in [3.8, 4) is 0 Å². The summed E-state index contributed by atoms with van der Waals surface area (Å²) in [5, 5.41) is 6.57. The number of H-pyrrole nitrogens is 1. The molecular formula is C29H34N4S4+2. The molecule has 2 aromatic heterocycles. The van der Waals surface area contributed by atoms with Gasteiger partial charge in [0.25, 0.3) is 10.0 Å². The monoisotopic (exact) mass is 566 g/mol. The molecule has 2 aromatic carbocycles. The van der Waals surface area contributed by atoms with Crippen molar-refractivity contribution in [1.82, 2.24) is 0 Å². The van der Waals surface area contributed by atoms with E-state index in [1.54, 1.807) is 22.7 Å². The van der Waals surface area contributed by atoms with Crippen molar-refractivity contribution in [2.75, 3.05) is 48.5 Å². The summed E-state index contributed by atoms with van der Waals surface area (Å²) in [5.74, 6) is 2.20. The summed E-state index contributed by atoms with van der Waals surface area (Å²) in [5.41, 5.74) is 4.96. The smallest absolute Gasteiger partial charge is 0.261 e. The first-order valence-electron chi connectivity index (χ1n) is 12.2. The second kappa shape index (κ2) is 14.4. The number of hydrogen-bond acceptors (Lipinski definition) is 6. The van der Waals surface area contributed by atoms with Crippen molar-refractivity contribution in [2.45, 2.75) is 0 Å². The Morgan fingerprint density at radius 1 is 0.757 bits per heavy atom. The zero-order valence-corrected chi connectivity index (χ0v) is 24.8. The largest absolute Gasteiger partial charge is 0.374 e. The molecule has 4 nitrogen and oxygen atoms in total. The van der Waals surface area contributed by atoms with Crippen molar-refractivity contribution in [3.05, 3.63) is 92.8 Å². The van der Waals surface area contributed by atoms with Crippen LogP contribution in [-0.2, 0) is 7.05 Å². The molecule has 1 N–H and O–H groups in total. The standard InChI is InChI=1S/C29H33N4S4/c1-31(26-10-4-24(5-11-26)8-14-28-30-16-20-34-28)18-22-36-37-23-19-32(2)27-12-6-25(7-13-27)9-15-29-33(3)17-21-35-29/h4-17,20-21H,18-19,22-23H2,1-3H3/q+1/p+1/b14-8+. The fourth-order valence-electron chi connectivity index (χ4n) is 3.59. The number of anilines is 2. The lowest BCUT2D eigenvalue weighted by atomic mass is 10.2. The van der Waals surface area contributed by atoms with Gasteiger partial charge in [0, 0.05) is 62.2 Å². The van der Waals surface area contributed by atoms with Gasteiger partial charge < -0.3 is 9.80 Å². The van der Waals surface area contributed by atoms with Crippen molar-refractivity contribution in [3.63, 3.8) is 0 Å². The number of thiazole rings is 2.